The molecule has 0 bridgehead atoms. The molecule has 0 fully saturated rings. The van der Waals surface area contributed by atoms with Crippen LogP contribution in [0.1, 0.15) is 63.0 Å². The average molecular weight is 234 g/mol. The molecule has 0 unspecified atom stereocenters. The lowest BCUT2D eigenvalue weighted by Crippen LogP contribution is -2.20. The maximum absolute atomic E-state index is 11.4. The second kappa shape index (κ2) is 4.17. The number of carbonyl (C=O) groups is 1. The number of rotatable bonds is 1. The number of hydrogen-bond acceptors (Lipinski definition) is 2. The first kappa shape index (κ1) is 13.8. The van der Waals surface area contributed by atoms with Crippen molar-refractivity contribution in [1.82, 2.24) is 0 Å². The first-order valence-electron chi connectivity index (χ1n) is 5.91. The van der Waals surface area contributed by atoms with Crippen LogP contribution < -0.4 is 0 Å². The van der Waals surface area contributed by atoms with E-state index >= 15 is 0 Å². The van der Waals surface area contributed by atoms with E-state index in [2.05, 4.69) is 20.8 Å². The van der Waals surface area contributed by atoms with Gasteiger partial charge in [-0.15, -0.1) is 0 Å². The van der Waals surface area contributed by atoms with Crippen LogP contribution in [0.25, 0.3) is 0 Å². The van der Waals surface area contributed by atoms with Gasteiger partial charge in [-0.1, -0.05) is 47.6 Å². The molecule has 17 heavy (non-hydrogen) atoms. The first-order chi connectivity index (χ1) is 7.59. The maximum atomic E-state index is 11.4. The number of aldehydes is 1. The minimum absolute atomic E-state index is 0.107. The highest BCUT2D eigenvalue weighted by molar-refractivity contribution is 5.82. The predicted octanol–water partition coefficient (Wildman–Crippen LogP) is 3.80. The van der Waals surface area contributed by atoms with E-state index in [-0.39, 0.29) is 16.6 Å². The van der Waals surface area contributed by atoms with E-state index in [1.807, 2.05) is 26.8 Å². The highest BCUT2D eigenvalue weighted by atomic mass is 16.3. The Hall–Kier alpha value is -1.31. The molecule has 0 radical (unpaired) electrons. The standard InChI is InChI=1S/C15H22O2/c1-14(2,3)11-7-8-12(17)13(10(11)9-16)15(4,5)6/h7-9,17H,1-6H3. The topological polar surface area (TPSA) is 37.3 Å². The van der Waals surface area contributed by atoms with Crippen LogP contribution in [0.2, 0.25) is 0 Å². The molecule has 1 aromatic carbocycles. The van der Waals surface area contributed by atoms with Crippen LogP contribution in [-0.2, 0) is 10.8 Å². The molecule has 1 aromatic rings. The van der Waals surface area contributed by atoms with Crippen LogP contribution in [-0.4, -0.2) is 11.4 Å². The molecule has 2 heteroatoms. The summed E-state index contributed by atoms with van der Waals surface area (Å²) >= 11 is 0. The molecule has 0 aromatic heterocycles. The van der Waals surface area contributed by atoms with Crippen LogP contribution in [0.5, 0.6) is 5.75 Å². The fraction of sp³-hybridized carbons (Fsp3) is 0.533. The number of carbonyl (C=O) groups excluding carboxylic acids is 1. The third-order valence-corrected chi connectivity index (χ3v) is 2.90. The SMILES string of the molecule is CC(C)(C)c1ccc(O)c(C(C)(C)C)c1C=O. The van der Waals surface area contributed by atoms with Crippen molar-refractivity contribution in [1.29, 1.82) is 0 Å². The third-order valence-electron chi connectivity index (χ3n) is 2.90. The van der Waals surface area contributed by atoms with Gasteiger partial charge >= 0.3 is 0 Å². The molecule has 94 valence electrons. The Balaban J connectivity index is 3.66. The number of hydrogen-bond donors (Lipinski definition) is 1. The van der Waals surface area contributed by atoms with Gasteiger partial charge in [0.2, 0.25) is 0 Å². The van der Waals surface area contributed by atoms with Gasteiger partial charge in [0.15, 0.2) is 6.29 Å². The maximum Gasteiger partial charge on any atom is 0.150 e. The highest BCUT2D eigenvalue weighted by Crippen LogP contribution is 2.38. The molecule has 0 spiro atoms. The van der Waals surface area contributed by atoms with Crippen molar-refractivity contribution in [2.24, 2.45) is 0 Å². The Morgan fingerprint density at radius 1 is 1.00 bits per heavy atom. The third kappa shape index (κ3) is 2.68. The van der Waals surface area contributed by atoms with Crippen LogP contribution in [0.3, 0.4) is 0 Å². The molecule has 0 saturated heterocycles. The molecule has 0 saturated carbocycles. The Morgan fingerprint density at radius 2 is 1.53 bits per heavy atom. The fourth-order valence-electron chi connectivity index (χ4n) is 2.17. The highest BCUT2D eigenvalue weighted by Gasteiger charge is 2.27. The van der Waals surface area contributed by atoms with Gasteiger partial charge in [-0.05, 0) is 22.5 Å². The molecule has 0 aliphatic carbocycles. The van der Waals surface area contributed by atoms with E-state index in [9.17, 15) is 9.90 Å². The summed E-state index contributed by atoms with van der Waals surface area (Å²) in [7, 11) is 0. The van der Waals surface area contributed by atoms with E-state index in [0.717, 1.165) is 17.4 Å². The number of phenols is 1. The molecule has 0 heterocycles. The van der Waals surface area contributed by atoms with Crippen molar-refractivity contribution < 1.29 is 9.90 Å². The van der Waals surface area contributed by atoms with Crippen molar-refractivity contribution in [3.05, 3.63) is 28.8 Å². The average Bonchev–Trinajstić information content (AvgIpc) is 2.12. The molecule has 1 rings (SSSR count). The molecule has 0 amide bonds. The van der Waals surface area contributed by atoms with Crippen LogP contribution in [0.15, 0.2) is 12.1 Å². The second-order valence-electron chi connectivity index (χ2n) is 6.54. The van der Waals surface area contributed by atoms with Crippen molar-refractivity contribution >= 4 is 6.29 Å². The molecule has 1 N–H and O–H groups in total. The summed E-state index contributed by atoms with van der Waals surface area (Å²) < 4.78 is 0. The normalized spacial score (nSPS) is 12.6. The molecule has 0 aliphatic heterocycles. The summed E-state index contributed by atoms with van der Waals surface area (Å²) in [6.45, 7) is 12.2. The van der Waals surface area contributed by atoms with Crippen LogP contribution in [0.4, 0.5) is 0 Å². The van der Waals surface area contributed by atoms with Gasteiger partial charge in [-0.3, -0.25) is 4.79 Å². The monoisotopic (exact) mass is 234 g/mol. The summed E-state index contributed by atoms with van der Waals surface area (Å²) in [5, 5.41) is 9.99. The van der Waals surface area contributed by atoms with Gasteiger partial charge in [0.25, 0.3) is 0 Å². The lowest BCUT2D eigenvalue weighted by molar-refractivity contribution is 0.111. The van der Waals surface area contributed by atoms with Gasteiger partial charge < -0.3 is 5.11 Å². The molecular weight excluding hydrogens is 212 g/mol. The number of phenolic OH excluding ortho intramolecular Hbond substituents is 1. The minimum Gasteiger partial charge on any atom is -0.508 e. The van der Waals surface area contributed by atoms with E-state index in [1.165, 1.54) is 0 Å². The fourth-order valence-corrected chi connectivity index (χ4v) is 2.17. The minimum atomic E-state index is -0.248. The van der Waals surface area contributed by atoms with E-state index in [4.69, 9.17) is 0 Å². The summed E-state index contributed by atoms with van der Waals surface area (Å²) in [4.78, 5) is 11.4. The summed E-state index contributed by atoms with van der Waals surface area (Å²) in [6.07, 6.45) is 0.862. The smallest absolute Gasteiger partial charge is 0.150 e. The summed E-state index contributed by atoms with van der Waals surface area (Å²) in [5.74, 6) is 0.201. The van der Waals surface area contributed by atoms with Crippen molar-refractivity contribution in [2.45, 2.75) is 52.4 Å². The van der Waals surface area contributed by atoms with E-state index < -0.39 is 0 Å². The van der Waals surface area contributed by atoms with E-state index in [0.29, 0.717) is 5.56 Å². The number of aromatic hydroxyl groups is 1. The van der Waals surface area contributed by atoms with Crippen LogP contribution >= 0.6 is 0 Å². The Kier molecular flexibility index (Phi) is 3.37. The van der Waals surface area contributed by atoms with Crippen molar-refractivity contribution in [3.8, 4) is 5.75 Å². The van der Waals surface area contributed by atoms with Crippen molar-refractivity contribution in [3.63, 3.8) is 0 Å². The second-order valence-corrected chi connectivity index (χ2v) is 6.54. The molecule has 2 nitrogen and oxygen atoms in total. The largest absolute Gasteiger partial charge is 0.508 e. The van der Waals surface area contributed by atoms with Gasteiger partial charge in [0, 0.05) is 11.1 Å². The summed E-state index contributed by atoms with van der Waals surface area (Å²) in [5.41, 5.74) is 1.99. The Labute approximate surface area is 104 Å². The van der Waals surface area contributed by atoms with Gasteiger partial charge in [0.1, 0.15) is 5.75 Å². The predicted molar refractivity (Wildman–Crippen MR) is 70.9 cm³/mol. The Morgan fingerprint density at radius 3 is 1.88 bits per heavy atom. The zero-order chi connectivity index (χ0) is 13.4. The van der Waals surface area contributed by atoms with Gasteiger partial charge in [-0.2, -0.15) is 0 Å². The lowest BCUT2D eigenvalue weighted by atomic mass is 9.76. The quantitative estimate of drug-likeness (QED) is 0.750. The summed E-state index contributed by atoms with van der Waals surface area (Å²) in [6, 6.07) is 3.53. The van der Waals surface area contributed by atoms with Crippen LogP contribution in [0, 0.1) is 0 Å². The Bertz CT molecular complexity index is 431. The van der Waals surface area contributed by atoms with Gasteiger partial charge in [-0.25, -0.2) is 0 Å². The number of benzene rings is 1. The van der Waals surface area contributed by atoms with E-state index in [1.54, 1.807) is 6.07 Å². The van der Waals surface area contributed by atoms with Gasteiger partial charge in [0.05, 0.1) is 0 Å². The first-order valence-corrected chi connectivity index (χ1v) is 5.91. The molecule has 0 atom stereocenters. The lowest BCUT2D eigenvalue weighted by Gasteiger charge is -2.28. The van der Waals surface area contributed by atoms with Crippen molar-refractivity contribution in [2.75, 3.05) is 0 Å². The molecular formula is C15H22O2. The molecule has 0 aliphatic rings. The zero-order valence-electron chi connectivity index (χ0n) is 11.6. The zero-order valence-corrected chi connectivity index (χ0v) is 11.6.